The van der Waals surface area contributed by atoms with E-state index in [1.807, 2.05) is 0 Å². The number of primary amides is 1. The predicted molar refractivity (Wildman–Crippen MR) is 73.9 cm³/mol. The highest BCUT2D eigenvalue weighted by Gasteiger charge is 2.25. The van der Waals surface area contributed by atoms with Gasteiger partial charge in [0, 0.05) is 19.2 Å². The molecule has 1 aliphatic heterocycles. The Kier molecular flexibility index (Phi) is 4.50. The maximum atomic E-state index is 13.0. The van der Waals surface area contributed by atoms with E-state index in [1.165, 1.54) is 18.2 Å². The van der Waals surface area contributed by atoms with E-state index in [0.29, 0.717) is 18.7 Å². The fourth-order valence-corrected chi connectivity index (χ4v) is 2.29. The van der Waals surface area contributed by atoms with Crippen molar-refractivity contribution >= 4 is 17.9 Å². The lowest BCUT2D eigenvalue weighted by Gasteiger charge is -2.30. The van der Waals surface area contributed by atoms with Gasteiger partial charge in [-0.15, -0.1) is 0 Å². The molecule has 0 spiro atoms. The van der Waals surface area contributed by atoms with Crippen LogP contribution in [0.5, 0.6) is 0 Å². The Hall–Kier alpha value is -2.17. The molecule has 1 aliphatic rings. The molecule has 1 atom stereocenters. The molecule has 2 N–H and O–H groups in total. The van der Waals surface area contributed by atoms with E-state index >= 15 is 0 Å². The predicted octanol–water partition coefficient (Wildman–Crippen LogP) is 1.56. The van der Waals surface area contributed by atoms with Crippen LogP contribution in [0.1, 0.15) is 18.4 Å². The molecule has 1 saturated heterocycles. The van der Waals surface area contributed by atoms with Crippen molar-refractivity contribution in [3.05, 3.63) is 41.7 Å². The van der Waals surface area contributed by atoms with Gasteiger partial charge < -0.3 is 10.6 Å². The number of carbonyl (C=O) groups excluding carboxylic acids is 2. The first-order valence-corrected chi connectivity index (χ1v) is 6.58. The van der Waals surface area contributed by atoms with Crippen molar-refractivity contribution in [2.24, 2.45) is 11.7 Å². The minimum absolute atomic E-state index is 0.180. The van der Waals surface area contributed by atoms with E-state index in [1.54, 1.807) is 23.1 Å². The molecule has 0 aliphatic carbocycles. The van der Waals surface area contributed by atoms with Crippen LogP contribution in [0.4, 0.5) is 4.39 Å². The molecule has 20 heavy (non-hydrogen) atoms. The number of rotatable bonds is 3. The summed E-state index contributed by atoms with van der Waals surface area (Å²) in [6.07, 6.45) is 4.47. The topological polar surface area (TPSA) is 63.4 Å². The third-order valence-corrected chi connectivity index (χ3v) is 3.40. The van der Waals surface area contributed by atoms with Crippen molar-refractivity contribution in [2.75, 3.05) is 13.1 Å². The molecule has 2 rings (SSSR count). The molecule has 1 heterocycles. The van der Waals surface area contributed by atoms with Crippen LogP contribution in [0.3, 0.4) is 0 Å². The Balaban J connectivity index is 1.99. The molecular weight excluding hydrogens is 259 g/mol. The van der Waals surface area contributed by atoms with Gasteiger partial charge in [0.1, 0.15) is 5.82 Å². The molecule has 2 amide bonds. The molecule has 1 aromatic rings. The summed E-state index contributed by atoms with van der Waals surface area (Å²) in [6.45, 7) is 0.984. The average Bonchev–Trinajstić information content (AvgIpc) is 2.45. The number of likely N-dealkylation sites (tertiary alicyclic amines) is 1. The van der Waals surface area contributed by atoms with Crippen LogP contribution < -0.4 is 5.73 Å². The summed E-state index contributed by atoms with van der Waals surface area (Å²) in [5.41, 5.74) is 5.90. The molecule has 0 saturated carbocycles. The Morgan fingerprint density at radius 2 is 2.20 bits per heavy atom. The summed E-state index contributed by atoms with van der Waals surface area (Å²) in [6, 6.07) is 6.01. The smallest absolute Gasteiger partial charge is 0.246 e. The molecule has 5 heteroatoms. The summed E-state index contributed by atoms with van der Waals surface area (Å²) < 4.78 is 13.0. The minimum atomic E-state index is -0.364. The summed E-state index contributed by atoms with van der Waals surface area (Å²) >= 11 is 0. The highest BCUT2D eigenvalue weighted by molar-refractivity contribution is 5.92. The van der Waals surface area contributed by atoms with Crippen molar-refractivity contribution in [3.63, 3.8) is 0 Å². The highest BCUT2D eigenvalue weighted by atomic mass is 19.1. The molecule has 1 fully saturated rings. The van der Waals surface area contributed by atoms with Crippen molar-refractivity contribution in [1.29, 1.82) is 0 Å². The van der Waals surface area contributed by atoms with Gasteiger partial charge in [-0.1, -0.05) is 12.1 Å². The lowest BCUT2D eigenvalue weighted by atomic mass is 9.97. The van der Waals surface area contributed by atoms with Gasteiger partial charge in [0.15, 0.2) is 0 Å². The fraction of sp³-hybridized carbons (Fsp3) is 0.333. The van der Waals surface area contributed by atoms with Gasteiger partial charge in [-0.2, -0.15) is 0 Å². The van der Waals surface area contributed by atoms with Crippen LogP contribution in [0, 0.1) is 11.7 Å². The molecule has 0 bridgehead atoms. The quantitative estimate of drug-likeness (QED) is 0.852. The van der Waals surface area contributed by atoms with E-state index in [2.05, 4.69) is 0 Å². The normalized spacial score (nSPS) is 19.2. The average molecular weight is 276 g/mol. The maximum absolute atomic E-state index is 13.0. The van der Waals surface area contributed by atoms with Crippen molar-refractivity contribution in [2.45, 2.75) is 12.8 Å². The number of amides is 2. The van der Waals surface area contributed by atoms with E-state index in [-0.39, 0.29) is 23.5 Å². The van der Waals surface area contributed by atoms with Crippen LogP contribution in [-0.4, -0.2) is 29.8 Å². The maximum Gasteiger partial charge on any atom is 0.246 e. The Labute approximate surface area is 117 Å². The number of carbonyl (C=O) groups is 2. The SMILES string of the molecule is NC(=O)C1CCCN(C(=O)C=Cc2cccc(F)c2)C1. The first-order valence-electron chi connectivity index (χ1n) is 6.58. The van der Waals surface area contributed by atoms with Gasteiger partial charge in [-0.05, 0) is 36.6 Å². The summed E-state index contributed by atoms with van der Waals surface area (Å²) in [5.74, 6) is -1.15. The van der Waals surface area contributed by atoms with Gasteiger partial charge in [-0.25, -0.2) is 4.39 Å². The molecular formula is C15H17FN2O2. The summed E-state index contributed by atoms with van der Waals surface area (Å²) in [4.78, 5) is 24.8. The summed E-state index contributed by atoms with van der Waals surface area (Å²) in [5, 5.41) is 0. The van der Waals surface area contributed by atoms with E-state index < -0.39 is 0 Å². The molecule has 106 valence electrons. The standard InChI is InChI=1S/C15H17FN2O2/c16-13-5-1-3-11(9-13)6-7-14(19)18-8-2-4-12(10-18)15(17)20/h1,3,5-7,9,12H,2,4,8,10H2,(H2,17,20). The van der Waals surface area contributed by atoms with Crippen LogP contribution in [0.25, 0.3) is 6.08 Å². The number of hydrogen-bond donors (Lipinski definition) is 1. The number of piperidine rings is 1. The lowest BCUT2D eigenvalue weighted by molar-refractivity contribution is -0.130. The van der Waals surface area contributed by atoms with Crippen molar-refractivity contribution in [3.8, 4) is 0 Å². The van der Waals surface area contributed by atoms with Crippen molar-refractivity contribution in [1.82, 2.24) is 4.90 Å². The Morgan fingerprint density at radius 3 is 2.90 bits per heavy atom. The number of benzene rings is 1. The van der Waals surface area contributed by atoms with Crippen LogP contribution in [0.15, 0.2) is 30.3 Å². The summed E-state index contributed by atoms with van der Waals surface area (Å²) in [7, 11) is 0. The molecule has 0 radical (unpaired) electrons. The number of halogens is 1. The van der Waals surface area contributed by atoms with Crippen LogP contribution >= 0.6 is 0 Å². The number of hydrogen-bond acceptors (Lipinski definition) is 2. The largest absolute Gasteiger partial charge is 0.369 e. The third-order valence-electron chi connectivity index (χ3n) is 3.40. The minimum Gasteiger partial charge on any atom is -0.369 e. The van der Waals surface area contributed by atoms with Gasteiger partial charge in [0.05, 0.1) is 5.92 Å². The van der Waals surface area contributed by atoms with E-state index in [4.69, 9.17) is 5.73 Å². The second kappa shape index (κ2) is 6.32. The zero-order chi connectivity index (χ0) is 14.5. The monoisotopic (exact) mass is 276 g/mol. The zero-order valence-electron chi connectivity index (χ0n) is 11.1. The molecule has 4 nitrogen and oxygen atoms in total. The fourth-order valence-electron chi connectivity index (χ4n) is 2.29. The second-order valence-corrected chi connectivity index (χ2v) is 4.91. The Morgan fingerprint density at radius 1 is 1.40 bits per heavy atom. The van der Waals surface area contributed by atoms with E-state index in [0.717, 1.165) is 12.8 Å². The van der Waals surface area contributed by atoms with Gasteiger partial charge >= 0.3 is 0 Å². The van der Waals surface area contributed by atoms with Gasteiger partial charge in [-0.3, -0.25) is 9.59 Å². The van der Waals surface area contributed by atoms with Crippen molar-refractivity contribution < 1.29 is 14.0 Å². The van der Waals surface area contributed by atoms with Gasteiger partial charge in [0.2, 0.25) is 11.8 Å². The number of nitrogens with zero attached hydrogens (tertiary/aromatic N) is 1. The molecule has 1 unspecified atom stereocenters. The second-order valence-electron chi connectivity index (χ2n) is 4.91. The first kappa shape index (κ1) is 14.2. The Bertz CT molecular complexity index is 542. The van der Waals surface area contributed by atoms with Gasteiger partial charge in [0.25, 0.3) is 0 Å². The first-order chi connectivity index (χ1) is 9.56. The number of nitrogens with two attached hydrogens (primary N) is 1. The van der Waals surface area contributed by atoms with Crippen LogP contribution in [-0.2, 0) is 9.59 Å². The third kappa shape index (κ3) is 3.66. The van der Waals surface area contributed by atoms with E-state index in [9.17, 15) is 14.0 Å². The molecule has 1 aromatic carbocycles. The molecule has 0 aromatic heterocycles. The highest BCUT2D eigenvalue weighted by Crippen LogP contribution is 2.16. The zero-order valence-corrected chi connectivity index (χ0v) is 11.1. The lowest BCUT2D eigenvalue weighted by Crippen LogP contribution is -2.43. The van der Waals surface area contributed by atoms with Crippen LogP contribution in [0.2, 0.25) is 0 Å².